The average molecular weight is 926 g/mol. The largest absolute Gasteiger partial charge is 0.458 e. The van der Waals surface area contributed by atoms with Gasteiger partial charge in [-0.1, -0.05) is 185 Å². The second-order valence-electron chi connectivity index (χ2n) is 22.2. The first-order valence-corrected chi connectivity index (χ1v) is 24.4. The van der Waals surface area contributed by atoms with E-state index in [0.717, 1.165) is 72.8 Å². The fraction of sp³-hybridized carbons (Fsp3) is 0.262. The minimum Gasteiger partial charge on any atom is -0.458 e. The van der Waals surface area contributed by atoms with Crippen LogP contribution in [-0.2, 0) is 23.6 Å². The molecule has 0 saturated heterocycles. The van der Waals surface area contributed by atoms with Crippen LogP contribution in [0.25, 0.3) is 72.3 Å². The summed E-state index contributed by atoms with van der Waals surface area (Å²) in [4.78, 5) is 4.78. The van der Waals surface area contributed by atoms with Crippen LogP contribution in [0.3, 0.4) is 0 Å². The summed E-state index contributed by atoms with van der Waals surface area (Å²) in [5.74, 6) is 1.55. The van der Waals surface area contributed by atoms with Gasteiger partial charge in [0.05, 0.1) is 40.3 Å². The van der Waals surface area contributed by atoms with Crippen LogP contribution < -0.4 is 9.30 Å². The number of fused-ring (bicyclic) bond motifs is 4. The monoisotopic (exact) mass is 926 g/mol. The molecule has 7 aromatic carbocycles. The maximum atomic E-state index is 9.31. The van der Waals surface area contributed by atoms with Gasteiger partial charge in [0, 0.05) is 25.8 Å². The van der Waals surface area contributed by atoms with Crippen LogP contribution in [0.2, 0.25) is 0 Å². The van der Waals surface area contributed by atoms with Gasteiger partial charge in [-0.3, -0.25) is 13.7 Å². The number of rotatable bonds is 10. The van der Waals surface area contributed by atoms with Crippen LogP contribution in [0.4, 0.5) is 0 Å². The third-order valence-electron chi connectivity index (χ3n) is 12.8. The average Bonchev–Trinajstić information content (AvgIpc) is 3.97. The summed E-state index contributed by atoms with van der Waals surface area (Å²) in [7, 11) is 0. The van der Waals surface area contributed by atoms with Crippen LogP contribution in [0, 0.1) is 17.7 Å². The topological polar surface area (TPSA) is 35.9 Å². The van der Waals surface area contributed by atoms with Crippen molar-refractivity contribution < 1.29 is 18.9 Å². The zero-order valence-electron chi connectivity index (χ0n) is 49.3. The molecular weight excluding hydrogens is 853 g/mol. The lowest BCUT2D eigenvalue weighted by atomic mass is 9.78. The summed E-state index contributed by atoms with van der Waals surface area (Å²) in [6.45, 7) is 23.7. The van der Waals surface area contributed by atoms with Crippen LogP contribution in [-0.4, -0.2) is 14.1 Å². The van der Waals surface area contributed by atoms with Gasteiger partial charge >= 0.3 is 0 Å². The minimum absolute atomic E-state index is 0.0181. The van der Waals surface area contributed by atoms with Crippen LogP contribution in [0.5, 0.6) is 11.5 Å². The molecule has 0 aliphatic carbocycles. The van der Waals surface area contributed by atoms with Crippen LogP contribution in [0.1, 0.15) is 108 Å². The zero-order valence-corrected chi connectivity index (χ0v) is 42.3. The fourth-order valence-corrected chi connectivity index (χ4v) is 9.53. The summed E-state index contributed by atoms with van der Waals surface area (Å²) < 4.78 is 75.5. The summed E-state index contributed by atoms with van der Waals surface area (Å²) >= 11 is 0. The van der Waals surface area contributed by atoms with Crippen molar-refractivity contribution in [2.24, 2.45) is 11.3 Å². The molecule has 5 nitrogen and oxygen atoms in total. The van der Waals surface area contributed by atoms with Gasteiger partial charge < -0.3 is 4.74 Å². The quantitative estimate of drug-likeness (QED) is 0.101. The van der Waals surface area contributed by atoms with E-state index in [-0.39, 0.29) is 39.8 Å². The molecule has 0 aliphatic rings. The molecule has 0 saturated carbocycles. The van der Waals surface area contributed by atoms with E-state index < -0.39 is 24.5 Å². The number of benzene rings is 7. The molecule has 3 heterocycles. The van der Waals surface area contributed by atoms with Gasteiger partial charge in [0.1, 0.15) is 17.3 Å². The summed E-state index contributed by atoms with van der Waals surface area (Å²) in [5, 5.41) is 2.05. The van der Waals surface area contributed by atoms with Crippen molar-refractivity contribution in [1.82, 2.24) is 14.1 Å². The second-order valence-corrected chi connectivity index (χ2v) is 22.2. The van der Waals surface area contributed by atoms with Gasteiger partial charge in [0.25, 0.3) is 6.33 Å². The molecule has 70 heavy (non-hydrogen) atoms. The molecule has 5 heteroatoms. The molecule has 0 aliphatic heterocycles. The SMILES string of the molecule is [2H]c1c([2H])c([2H])c(-c2cccc(-c3cc(C(C)(C)C)cc(C(C)(C)C)c3)c2-[n+]2[c-]n(-c3cccc(Oc4ccc5c6ccccc6n(-c6cc(C([2H])([2H])C(C)C)ccn6)c5c4)c3)c3cc(CC(C)(C)C)ccc32)c([2H])c1[2H]. The summed E-state index contributed by atoms with van der Waals surface area (Å²) in [6, 6.07) is 42.8. The zero-order chi connectivity index (χ0) is 55.3. The Morgan fingerprint density at radius 2 is 1.31 bits per heavy atom. The van der Waals surface area contributed by atoms with E-state index in [1.807, 2.05) is 89.7 Å². The highest BCUT2D eigenvalue weighted by Crippen LogP contribution is 2.40. The van der Waals surface area contributed by atoms with E-state index in [0.29, 0.717) is 34.1 Å². The number of hydrogen-bond acceptors (Lipinski definition) is 2. The molecular formula is C65H66N4O. The lowest BCUT2D eigenvalue weighted by Gasteiger charge is -2.27. The van der Waals surface area contributed by atoms with Crippen molar-refractivity contribution in [2.45, 2.75) is 99.8 Å². The molecule has 352 valence electrons. The third-order valence-corrected chi connectivity index (χ3v) is 12.8. The van der Waals surface area contributed by atoms with Crippen molar-refractivity contribution in [1.29, 1.82) is 0 Å². The Kier molecular flexibility index (Phi) is 9.89. The maximum Gasteiger partial charge on any atom is 0.269 e. The molecule has 0 unspecified atom stereocenters. The molecule has 0 atom stereocenters. The lowest BCUT2D eigenvalue weighted by molar-refractivity contribution is -0.571. The first-order chi connectivity index (χ1) is 36.2. The fourth-order valence-electron chi connectivity index (χ4n) is 9.53. The van der Waals surface area contributed by atoms with E-state index in [9.17, 15) is 2.74 Å². The van der Waals surface area contributed by atoms with Crippen molar-refractivity contribution in [3.05, 3.63) is 198 Å². The molecule has 10 rings (SSSR count). The Hall–Kier alpha value is -7.24. The second kappa shape index (κ2) is 17.9. The molecule has 0 spiro atoms. The molecule has 0 fully saturated rings. The van der Waals surface area contributed by atoms with E-state index in [4.69, 9.17) is 16.6 Å². The highest BCUT2D eigenvalue weighted by Gasteiger charge is 2.25. The summed E-state index contributed by atoms with van der Waals surface area (Å²) in [5.41, 5.74) is 10.8. The Labute approximate surface area is 424 Å². The molecule has 10 aromatic rings. The van der Waals surface area contributed by atoms with Crippen molar-refractivity contribution in [3.63, 3.8) is 0 Å². The predicted octanol–water partition coefficient (Wildman–Crippen LogP) is 16.7. The lowest BCUT2D eigenvalue weighted by Crippen LogP contribution is -2.31. The van der Waals surface area contributed by atoms with Crippen molar-refractivity contribution in [2.75, 3.05) is 0 Å². The Balaban J connectivity index is 1.18. The van der Waals surface area contributed by atoms with Crippen molar-refractivity contribution in [3.8, 4) is 50.9 Å². The minimum atomic E-state index is -1.56. The Bertz CT molecular complexity index is 3900. The number of imidazole rings is 1. The molecule has 3 aromatic heterocycles. The first-order valence-electron chi connectivity index (χ1n) is 27.9. The summed E-state index contributed by atoms with van der Waals surface area (Å²) in [6.07, 6.45) is 4.69. The van der Waals surface area contributed by atoms with Gasteiger partial charge in [0.15, 0.2) is 0 Å². The predicted molar refractivity (Wildman–Crippen MR) is 292 cm³/mol. The normalized spacial score (nSPS) is 14.1. The molecule has 0 N–H and O–H groups in total. The molecule has 0 amide bonds. The highest BCUT2D eigenvalue weighted by molar-refractivity contribution is 6.09. The van der Waals surface area contributed by atoms with E-state index in [1.165, 1.54) is 0 Å². The standard InChI is InChI=1S/C65H66N4O/c1-43(2)33-44-31-32-66-61(35-44)69-57-26-16-15-23-55(57)56-29-28-52(40-59(56)69)70-51-22-17-21-50(39-51)67-42-68(58-30-27-45(34-60(58)67)41-63(3,4)5)62-53(46-19-13-12-14-20-46)24-18-25-54(62)47-36-48(64(6,7)8)38-49(37-47)65(9,10)11/h12-32,34-40,43H,33,41H2,1-11H3/i12D,13D,14D,19D,20D,33D2. The van der Waals surface area contributed by atoms with Crippen LogP contribution in [0.15, 0.2) is 170 Å². The molecule has 0 radical (unpaired) electrons. The number of ether oxygens (including phenoxy) is 1. The number of aromatic nitrogens is 4. The first kappa shape index (κ1) is 38.6. The number of para-hydroxylation sites is 2. The van der Waals surface area contributed by atoms with Gasteiger partial charge in [-0.2, -0.15) is 0 Å². The molecule has 0 bridgehead atoms. The number of hydrogen-bond donors (Lipinski definition) is 0. The highest BCUT2D eigenvalue weighted by atomic mass is 16.5. The van der Waals surface area contributed by atoms with E-state index in [2.05, 4.69) is 134 Å². The van der Waals surface area contributed by atoms with E-state index in [1.54, 1.807) is 12.3 Å². The van der Waals surface area contributed by atoms with Gasteiger partial charge in [-0.15, -0.1) is 0 Å². The van der Waals surface area contributed by atoms with Crippen LogP contribution >= 0.6 is 0 Å². The van der Waals surface area contributed by atoms with Gasteiger partial charge in [-0.25, -0.2) is 4.98 Å². The van der Waals surface area contributed by atoms with E-state index >= 15 is 0 Å². The number of nitrogens with zero attached hydrogens (tertiary/aromatic N) is 4. The van der Waals surface area contributed by atoms with Crippen molar-refractivity contribution >= 4 is 32.8 Å². The Morgan fingerprint density at radius 1 is 0.629 bits per heavy atom. The smallest absolute Gasteiger partial charge is 0.269 e. The van der Waals surface area contributed by atoms with Gasteiger partial charge in [-0.05, 0) is 128 Å². The van der Waals surface area contributed by atoms with Gasteiger partial charge in [0.2, 0.25) is 0 Å². The Morgan fingerprint density at radius 3 is 2.03 bits per heavy atom. The maximum absolute atomic E-state index is 9.31. The number of pyridine rings is 1. The third kappa shape index (κ3) is 9.30.